The van der Waals surface area contributed by atoms with E-state index in [4.69, 9.17) is 14.1 Å². The van der Waals surface area contributed by atoms with Crippen LogP contribution in [0, 0.1) is 6.92 Å². The van der Waals surface area contributed by atoms with E-state index in [1.807, 2.05) is 44.2 Å². The molecule has 1 amide bonds. The van der Waals surface area contributed by atoms with Crippen LogP contribution in [-0.2, 0) is 17.6 Å². The van der Waals surface area contributed by atoms with Crippen LogP contribution >= 0.6 is 23.1 Å². The van der Waals surface area contributed by atoms with Crippen molar-refractivity contribution in [1.82, 2.24) is 15.0 Å². The van der Waals surface area contributed by atoms with Crippen LogP contribution in [0.25, 0.3) is 15.9 Å². The van der Waals surface area contributed by atoms with Crippen molar-refractivity contribution < 1.29 is 13.9 Å². The number of aryl methyl sites for hydroxylation is 3. The molecule has 0 saturated heterocycles. The first-order valence-corrected chi connectivity index (χ1v) is 13.2. The number of hydrazone groups is 1. The van der Waals surface area contributed by atoms with Gasteiger partial charge >= 0.3 is 0 Å². The van der Waals surface area contributed by atoms with Gasteiger partial charge in [0.1, 0.15) is 22.1 Å². The van der Waals surface area contributed by atoms with Gasteiger partial charge in [-0.3, -0.25) is 14.2 Å². The van der Waals surface area contributed by atoms with Crippen LogP contribution in [0.2, 0.25) is 0 Å². The monoisotopic (exact) mass is 508 g/mol. The third-order valence-electron chi connectivity index (χ3n) is 5.59. The van der Waals surface area contributed by atoms with Crippen LogP contribution in [0.5, 0.6) is 5.75 Å². The van der Waals surface area contributed by atoms with E-state index in [-0.39, 0.29) is 17.2 Å². The number of carbonyl (C=O) groups is 1. The molecule has 3 heterocycles. The van der Waals surface area contributed by atoms with Crippen molar-refractivity contribution in [3.8, 4) is 11.4 Å². The Morgan fingerprint density at radius 2 is 2.11 bits per heavy atom. The molecule has 0 atom stereocenters. The van der Waals surface area contributed by atoms with Crippen LogP contribution in [0.1, 0.15) is 35.3 Å². The van der Waals surface area contributed by atoms with E-state index in [1.165, 1.54) is 22.9 Å². The molecule has 0 saturated carbocycles. The normalized spacial score (nSPS) is 13.0. The molecular formula is C25H24N4O4S2. The molecular weight excluding hydrogens is 484 g/mol. The fourth-order valence-corrected chi connectivity index (χ4v) is 6.17. The van der Waals surface area contributed by atoms with E-state index < -0.39 is 0 Å². The van der Waals surface area contributed by atoms with Gasteiger partial charge in [-0.05, 0) is 75.1 Å². The summed E-state index contributed by atoms with van der Waals surface area (Å²) < 4.78 is 12.5. The van der Waals surface area contributed by atoms with E-state index in [0.29, 0.717) is 28.6 Å². The number of thioether (sulfide) groups is 1. The average Bonchev–Trinajstić information content (AvgIpc) is 3.55. The quantitative estimate of drug-likeness (QED) is 0.163. The van der Waals surface area contributed by atoms with E-state index in [9.17, 15) is 9.59 Å². The summed E-state index contributed by atoms with van der Waals surface area (Å²) in [6, 6.07) is 10.9. The maximum Gasteiger partial charge on any atom is 0.267 e. The molecule has 35 heavy (non-hydrogen) atoms. The lowest BCUT2D eigenvalue weighted by Gasteiger charge is -2.13. The Bertz CT molecular complexity index is 1470. The van der Waals surface area contributed by atoms with Crippen molar-refractivity contribution in [2.75, 3.05) is 12.4 Å². The number of fused-ring (bicyclic) bond motifs is 3. The van der Waals surface area contributed by atoms with Gasteiger partial charge in [0.2, 0.25) is 0 Å². The summed E-state index contributed by atoms with van der Waals surface area (Å²) in [5, 5.41) is 5.11. The molecule has 0 bridgehead atoms. The van der Waals surface area contributed by atoms with Gasteiger partial charge in [0.15, 0.2) is 5.16 Å². The van der Waals surface area contributed by atoms with Crippen molar-refractivity contribution >= 4 is 45.4 Å². The largest absolute Gasteiger partial charge is 0.494 e. The smallest absolute Gasteiger partial charge is 0.267 e. The van der Waals surface area contributed by atoms with Gasteiger partial charge in [-0.25, -0.2) is 10.4 Å². The Balaban J connectivity index is 1.43. The van der Waals surface area contributed by atoms with Crippen LogP contribution in [0.3, 0.4) is 0 Å². The fraction of sp³-hybridized carbons (Fsp3) is 0.280. The second-order valence-electron chi connectivity index (χ2n) is 8.03. The number of amides is 1. The zero-order valence-electron chi connectivity index (χ0n) is 19.4. The van der Waals surface area contributed by atoms with E-state index in [1.54, 1.807) is 22.0 Å². The number of nitrogens with zero attached hydrogens (tertiary/aromatic N) is 3. The number of carbonyl (C=O) groups excluding carboxylic acids is 1. The van der Waals surface area contributed by atoms with Crippen LogP contribution < -0.4 is 15.7 Å². The highest BCUT2D eigenvalue weighted by atomic mass is 32.2. The standard InChI is InChI=1S/C25H24N4O4S2/c1-3-32-17-11-8-16(9-12-17)29-24(31)22-19-5-4-6-20(19)35-23(22)27-25(29)34-14-21(30)28-26-13-18-10-7-15(2)33-18/h7-13H,3-6,14H2,1-2H3,(H,28,30). The molecule has 1 aliphatic carbocycles. The number of rotatable bonds is 8. The molecule has 0 fully saturated rings. The Kier molecular flexibility index (Phi) is 6.74. The molecule has 0 unspecified atom stereocenters. The molecule has 0 radical (unpaired) electrons. The summed E-state index contributed by atoms with van der Waals surface area (Å²) >= 11 is 2.79. The summed E-state index contributed by atoms with van der Waals surface area (Å²) in [7, 11) is 0. The maximum atomic E-state index is 13.7. The van der Waals surface area contributed by atoms with E-state index in [2.05, 4.69) is 10.5 Å². The first-order chi connectivity index (χ1) is 17.0. The molecule has 5 rings (SSSR count). The van der Waals surface area contributed by atoms with Crippen LogP contribution in [0.15, 0.2) is 55.9 Å². The number of thiophene rings is 1. The molecule has 10 heteroatoms. The Labute approximate surface area is 210 Å². The lowest BCUT2D eigenvalue weighted by molar-refractivity contribution is -0.118. The third kappa shape index (κ3) is 4.89. The summed E-state index contributed by atoms with van der Waals surface area (Å²) in [4.78, 5) is 32.9. The molecule has 4 aromatic rings. The zero-order chi connectivity index (χ0) is 24.4. The lowest BCUT2D eigenvalue weighted by Crippen LogP contribution is -2.24. The molecule has 1 N–H and O–H groups in total. The van der Waals surface area contributed by atoms with Gasteiger partial charge < -0.3 is 9.15 Å². The molecule has 0 aliphatic heterocycles. The number of hydrogen-bond acceptors (Lipinski definition) is 8. The van der Waals surface area contributed by atoms with Gasteiger partial charge in [0.25, 0.3) is 11.5 Å². The van der Waals surface area contributed by atoms with Gasteiger partial charge in [-0.15, -0.1) is 11.3 Å². The highest BCUT2D eigenvalue weighted by molar-refractivity contribution is 7.99. The first kappa shape index (κ1) is 23.4. The van der Waals surface area contributed by atoms with Gasteiger partial charge in [0.05, 0.1) is 29.6 Å². The number of furan rings is 1. The van der Waals surface area contributed by atoms with Crippen molar-refractivity contribution in [2.24, 2.45) is 5.10 Å². The fourth-order valence-electron chi connectivity index (χ4n) is 4.06. The summed E-state index contributed by atoms with van der Waals surface area (Å²) in [5.74, 6) is 1.79. The van der Waals surface area contributed by atoms with Crippen LogP contribution in [0.4, 0.5) is 0 Å². The first-order valence-electron chi connectivity index (χ1n) is 11.3. The maximum absolute atomic E-state index is 13.7. The summed E-state index contributed by atoms with van der Waals surface area (Å²) in [6.07, 6.45) is 4.39. The van der Waals surface area contributed by atoms with E-state index in [0.717, 1.165) is 41.2 Å². The number of hydrogen-bond donors (Lipinski definition) is 1. The minimum atomic E-state index is -0.309. The average molecular weight is 509 g/mol. The van der Waals surface area contributed by atoms with Gasteiger partial charge in [-0.2, -0.15) is 5.10 Å². The molecule has 180 valence electrons. The molecule has 0 spiro atoms. The predicted octanol–water partition coefficient (Wildman–Crippen LogP) is 4.48. The molecule has 8 nitrogen and oxygen atoms in total. The third-order valence-corrected chi connectivity index (χ3v) is 7.71. The van der Waals surface area contributed by atoms with Crippen LogP contribution in [-0.4, -0.2) is 34.0 Å². The highest BCUT2D eigenvalue weighted by Gasteiger charge is 2.24. The highest BCUT2D eigenvalue weighted by Crippen LogP contribution is 2.36. The van der Waals surface area contributed by atoms with Gasteiger partial charge in [-0.1, -0.05) is 11.8 Å². The number of ether oxygens (including phenoxy) is 1. The second kappa shape index (κ2) is 10.1. The SMILES string of the molecule is CCOc1ccc(-n2c(SCC(=O)NN=Cc3ccc(C)o3)nc3sc4c(c3c2=O)CCC4)cc1. The molecule has 1 aromatic carbocycles. The topological polar surface area (TPSA) is 98.7 Å². The Morgan fingerprint density at radius 3 is 2.86 bits per heavy atom. The minimum absolute atomic E-state index is 0.0502. The molecule has 1 aliphatic rings. The van der Waals surface area contributed by atoms with E-state index >= 15 is 0 Å². The second-order valence-corrected chi connectivity index (χ2v) is 10.1. The number of nitrogens with one attached hydrogen (secondary N) is 1. The van der Waals surface area contributed by atoms with Crippen molar-refractivity contribution in [1.29, 1.82) is 0 Å². The van der Waals surface area contributed by atoms with Crippen molar-refractivity contribution in [3.05, 3.63) is 68.7 Å². The number of benzene rings is 1. The number of aromatic nitrogens is 2. The lowest BCUT2D eigenvalue weighted by atomic mass is 10.2. The molecule has 3 aromatic heterocycles. The predicted molar refractivity (Wildman–Crippen MR) is 138 cm³/mol. The van der Waals surface area contributed by atoms with Crippen molar-refractivity contribution in [3.63, 3.8) is 0 Å². The summed E-state index contributed by atoms with van der Waals surface area (Å²) in [5.41, 5.74) is 4.20. The van der Waals surface area contributed by atoms with Gasteiger partial charge in [0, 0.05) is 4.88 Å². The minimum Gasteiger partial charge on any atom is -0.494 e. The van der Waals surface area contributed by atoms with Crippen molar-refractivity contribution in [2.45, 2.75) is 38.3 Å². The zero-order valence-corrected chi connectivity index (χ0v) is 21.0. The Hall–Kier alpha value is -3.37. The summed E-state index contributed by atoms with van der Waals surface area (Å²) in [6.45, 7) is 4.32. The Morgan fingerprint density at radius 1 is 1.29 bits per heavy atom.